The molecule has 0 saturated heterocycles. The molecule has 37 heavy (non-hydrogen) atoms. The highest BCUT2D eigenvalue weighted by atomic mass is 35.5. The van der Waals surface area contributed by atoms with Crippen LogP contribution in [0, 0.1) is 6.92 Å². The van der Waals surface area contributed by atoms with Crippen LogP contribution in [0.1, 0.15) is 42.8 Å². The molecule has 0 radical (unpaired) electrons. The Morgan fingerprint density at radius 2 is 1.65 bits per heavy atom. The Morgan fingerprint density at radius 3 is 2.14 bits per heavy atom. The topological polar surface area (TPSA) is 52.8 Å². The second-order valence-corrected chi connectivity index (χ2v) is 8.19. The van der Waals surface area contributed by atoms with Gasteiger partial charge in [-0.25, -0.2) is 9.97 Å². The van der Waals surface area contributed by atoms with Gasteiger partial charge in [0, 0.05) is 18.8 Å². The molecule has 1 aromatic carbocycles. The first-order chi connectivity index (χ1) is 17.2. The van der Waals surface area contributed by atoms with E-state index in [4.69, 9.17) is 16.3 Å². The van der Waals surface area contributed by atoms with Gasteiger partial charge in [-0.1, -0.05) is 57.2 Å². The Hall–Kier alpha value is -3.34. The van der Waals surface area contributed by atoms with Gasteiger partial charge in [-0.15, -0.1) is 0 Å². The lowest BCUT2D eigenvalue weighted by molar-refractivity contribution is -0.140. The number of ether oxygens (including phenoxy) is 1. The number of aromatic nitrogens is 4. The number of hydrogen-bond donors (Lipinski definition) is 0. The number of benzene rings is 1. The maximum absolute atomic E-state index is 13.2. The van der Waals surface area contributed by atoms with Crippen molar-refractivity contribution in [3.63, 3.8) is 0 Å². The number of allylic oxidation sites excluding steroid dienone is 2. The fraction of sp³-hybridized carbons (Fsp3) is 0.320. The molecule has 0 amide bonds. The lowest BCUT2D eigenvalue weighted by Crippen LogP contribution is -2.10. The van der Waals surface area contributed by atoms with E-state index >= 15 is 0 Å². The van der Waals surface area contributed by atoms with Crippen molar-refractivity contribution in [2.45, 2.75) is 46.2 Å². The third kappa shape index (κ3) is 8.08. The van der Waals surface area contributed by atoms with Gasteiger partial charge in [0.1, 0.15) is 12.4 Å². The maximum Gasteiger partial charge on any atom is 0.434 e. The molecule has 0 aliphatic carbocycles. The van der Waals surface area contributed by atoms with Crippen molar-refractivity contribution in [2.24, 2.45) is 7.05 Å². The van der Waals surface area contributed by atoms with Crippen molar-refractivity contribution in [3.05, 3.63) is 76.5 Å². The van der Waals surface area contributed by atoms with Crippen LogP contribution in [0.4, 0.5) is 26.3 Å². The Balaban J connectivity index is 0.00000153. The van der Waals surface area contributed by atoms with E-state index in [1.54, 1.807) is 24.3 Å². The van der Waals surface area contributed by atoms with Crippen molar-refractivity contribution in [1.82, 2.24) is 19.5 Å². The van der Waals surface area contributed by atoms with Gasteiger partial charge in [0.2, 0.25) is 11.2 Å². The Bertz CT molecular complexity index is 1250. The van der Waals surface area contributed by atoms with Gasteiger partial charge >= 0.3 is 12.4 Å². The fourth-order valence-electron chi connectivity index (χ4n) is 2.98. The van der Waals surface area contributed by atoms with Crippen LogP contribution >= 0.6 is 11.6 Å². The second-order valence-electron chi connectivity index (χ2n) is 7.85. The fourth-order valence-corrected chi connectivity index (χ4v) is 3.19. The molecule has 0 aliphatic heterocycles. The molecular formula is C25H25ClF6N4O. The predicted molar refractivity (Wildman–Crippen MR) is 130 cm³/mol. The standard InChI is InChI=1S/C22H17ClF6N4O.C3H8/c1-4-15(21(24,25)26)9-16-12(2)30-20(23)32-19(16)34-11-13-5-7-14(8-6-13)18-31-17(10-33(18)3)22(27,28)29;1-3-2/h4-10H,1,11H2,2-3H3;3H2,1-2H3/b15-9+;. The lowest BCUT2D eigenvalue weighted by atomic mass is 10.1. The van der Waals surface area contributed by atoms with Gasteiger partial charge in [0.25, 0.3) is 0 Å². The van der Waals surface area contributed by atoms with E-state index in [9.17, 15) is 26.3 Å². The van der Waals surface area contributed by atoms with Crippen LogP contribution in [-0.4, -0.2) is 25.7 Å². The predicted octanol–water partition coefficient (Wildman–Crippen LogP) is 7.98. The molecule has 0 unspecified atom stereocenters. The molecule has 12 heteroatoms. The lowest BCUT2D eigenvalue weighted by Gasteiger charge is -2.13. The summed E-state index contributed by atoms with van der Waals surface area (Å²) >= 11 is 5.85. The van der Waals surface area contributed by atoms with Crippen LogP contribution in [0.2, 0.25) is 5.28 Å². The van der Waals surface area contributed by atoms with E-state index in [0.717, 1.165) is 12.3 Å². The second kappa shape index (κ2) is 12.3. The normalized spacial score (nSPS) is 12.1. The first-order valence-corrected chi connectivity index (χ1v) is 11.4. The maximum atomic E-state index is 13.2. The van der Waals surface area contributed by atoms with Crippen LogP contribution in [0.15, 0.2) is 48.7 Å². The summed E-state index contributed by atoms with van der Waals surface area (Å²) in [4.78, 5) is 11.4. The van der Waals surface area contributed by atoms with Crippen molar-refractivity contribution in [2.75, 3.05) is 0 Å². The van der Waals surface area contributed by atoms with Gasteiger partial charge in [0.05, 0.1) is 16.8 Å². The summed E-state index contributed by atoms with van der Waals surface area (Å²) < 4.78 is 85.0. The van der Waals surface area contributed by atoms with E-state index in [2.05, 4.69) is 35.4 Å². The largest absolute Gasteiger partial charge is 0.472 e. The highest BCUT2D eigenvalue weighted by molar-refractivity contribution is 6.28. The number of hydrogen-bond acceptors (Lipinski definition) is 4. The molecule has 3 aromatic rings. The Kier molecular flexibility index (Phi) is 9.91. The highest BCUT2D eigenvalue weighted by Gasteiger charge is 2.34. The zero-order valence-electron chi connectivity index (χ0n) is 20.5. The summed E-state index contributed by atoms with van der Waals surface area (Å²) in [5.74, 6) is -0.0429. The molecule has 5 nitrogen and oxygen atoms in total. The van der Waals surface area contributed by atoms with E-state index in [1.807, 2.05) is 0 Å². The molecule has 0 bridgehead atoms. The number of imidazole rings is 1. The van der Waals surface area contributed by atoms with Crippen LogP contribution in [0.3, 0.4) is 0 Å². The average molecular weight is 547 g/mol. The number of nitrogens with zero attached hydrogens (tertiary/aromatic N) is 4. The minimum Gasteiger partial charge on any atom is -0.472 e. The molecule has 0 N–H and O–H groups in total. The smallest absolute Gasteiger partial charge is 0.434 e. The molecule has 2 aromatic heterocycles. The third-order valence-electron chi connectivity index (χ3n) is 4.68. The molecular weight excluding hydrogens is 522 g/mol. The summed E-state index contributed by atoms with van der Waals surface area (Å²) in [7, 11) is 1.45. The van der Waals surface area contributed by atoms with Gasteiger partial charge < -0.3 is 9.30 Å². The van der Waals surface area contributed by atoms with Gasteiger partial charge in [-0.05, 0) is 30.2 Å². The zero-order chi connectivity index (χ0) is 28.0. The molecule has 200 valence electrons. The van der Waals surface area contributed by atoms with Gasteiger partial charge in [-0.2, -0.15) is 31.3 Å². The van der Waals surface area contributed by atoms with Crippen LogP contribution in [0.25, 0.3) is 17.5 Å². The molecule has 0 atom stereocenters. The van der Waals surface area contributed by atoms with E-state index in [0.29, 0.717) is 17.2 Å². The molecule has 0 aliphatic rings. The number of halogens is 7. The first-order valence-electron chi connectivity index (χ1n) is 11.0. The third-order valence-corrected chi connectivity index (χ3v) is 4.84. The summed E-state index contributed by atoms with van der Waals surface area (Å²) in [6, 6.07) is 6.29. The molecule has 0 spiro atoms. The number of rotatable bonds is 6. The summed E-state index contributed by atoms with van der Waals surface area (Å²) in [6.45, 7) is 8.79. The van der Waals surface area contributed by atoms with Crippen molar-refractivity contribution < 1.29 is 31.1 Å². The summed E-state index contributed by atoms with van der Waals surface area (Å²) in [6.07, 6.45) is -5.59. The minimum atomic E-state index is -4.64. The van der Waals surface area contributed by atoms with Crippen LogP contribution < -0.4 is 4.74 Å². The molecule has 0 fully saturated rings. The first kappa shape index (κ1) is 29.9. The number of aryl methyl sites for hydroxylation is 2. The average Bonchev–Trinajstić information content (AvgIpc) is 3.19. The monoisotopic (exact) mass is 546 g/mol. The Morgan fingerprint density at radius 1 is 1.05 bits per heavy atom. The van der Waals surface area contributed by atoms with Crippen LogP contribution in [-0.2, 0) is 19.8 Å². The van der Waals surface area contributed by atoms with E-state index < -0.39 is 23.6 Å². The molecule has 0 saturated carbocycles. The van der Waals surface area contributed by atoms with Crippen molar-refractivity contribution in [1.29, 1.82) is 0 Å². The quantitative estimate of drug-likeness (QED) is 0.179. The minimum absolute atomic E-state index is 0.0130. The molecule has 2 heterocycles. The van der Waals surface area contributed by atoms with Crippen LogP contribution in [0.5, 0.6) is 5.88 Å². The SMILES string of the molecule is C=C/C(=C\c1c(C)nc(Cl)nc1OCc1ccc(-c2nc(C(F)(F)F)cn2C)cc1)C(F)(F)F.CCC. The van der Waals surface area contributed by atoms with E-state index in [-0.39, 0.29) is 34.9 Å². The summed E-state index contributed by atoms with van der Waals surface area (Å²) in [5.41, 5.74) is -0.843. The van der Waals surface area contributed by atoms with Crippen molar-refractivity contribution >= 4 is 17.7 Å². The Labute approximate surface area is 215 Å². The highest BCUT2D eigenvalue weighted by Crippen LogP contribution is 2.33. The number of alkyl halides is 6. The van der Waals surface area contributed by atoms with Gasteiger partial charge in [0.15, 0.2) is 5.69 Å². The zero-order valence-corrected chi connectivity index (χ0v) is 21.3. The summed E-state index contributed by atoms with van der Waals surface area (Å²) in [5, 5.41) is -0.206. The molecule has 3 rings (SSSR count). The van der Waals surface area contributed by atoms with Gasteiger partial charge in [-0.3, -0.25) is 0 Å². The van der Waals surface area contributed by atoms with Crippen molar-refractivity contribution in [3.8, 4) is 17.3 Å². The van der Waals surface area contributed by atoms with E-state index in [1.165, 1.54) is 25.0 Å².